The van der Waals surface area contributed by atoms with Gasteiger partial charge in [-0.25, -0.2) is 0 Å². The fourth-order valence-electron chi connectivity index (χ4n) is 2.61. The van der Waals surface area contributed by atoms with E-state index in [1.165, 1.54) is 10.4 Å². The summed E-state index contributed by atoms with van der Waals surface area (Å²) in [5, 5.41) is 2.85. The highest BCUT2D eigenvalue weighted by Crippen LogP contribution is 2.02. The van der Waals surface area contributed by atoms with E-state index in [0.29, 0.717) is 0 Å². The van der Waals surface area contributed by atoms with E-state index < -0.39 is 26.3 Å². The molecule has 0 atom stereocenters. The van der Waals surface area contributed by atoms with Crippen LogP contribution in [-0.2, 0) is 0 Å². The second-order valence-electron chi connectivity index (χ2n) is 5.73. The highest BCUT2D eigenvalue weighted by Gasteiger charge is 2.39. The summed E-state index contributed by atoms with van der Waals surface area (Å²) >= 11 is 0. The van der Waals surface area contributed by atoms with Crippen LogP contribution >= 0.6 is 0 Å². The molecule has 0 spiro atoms. The van der Waals surface area contributed by atoms with Crippen LogP contribution in [0.4, 0.5) is 0 Å². The smallest absolute Gasteiger partial charge is 0.254 e. The molecule has 0 heterocycles. The Balaban J connectivity index is 2.59. The molecule has 0 saturated carbocycles. The quantitative estimate of drug-likeness (QED) is 0.792. The van der Waals surface area contributed by atoms with Crippen molar-refractivity contribution in [3.8, 4) is 0 Å². The number of nitrogens with one attached hydrogen (secondary N) is 2. The van der Waals surface area contributed by atoms with E-state index in [1.54, 1.807) is 0 Å². The van der Waals surface area contributed by atoms with Crippen LogP contribution in [0.1, 0.15) is 0 Å². The molecule has 2 radical (unpaired) electrons. The fraction of sp³-hybridized carbons (Fsp3) is 0.250. The van der Waals surface area contributed by atoms with Gasteiger partial charge in [-0.05, 0) is 10.4 Å². The number of rotatable bonds is 6. The molecule has 0 aliphatic rings. The molecule has 110 valence electrons. The molecule has 2 N–H and O–H groups in total. The maximum atomic E-state index is 4.01. The first-order valence-electron chi connectivity index (χ1n) is 7.32. The molecule has 2 rings (SSSR count). The zero-order chi connectivity index (χ0) is 15.3. The third-order valence-corrected chi connectivity index (χ3v) is 12.7. The van der Waals surface area contributed by atoms with Gasteiger partial charge in [0.1, 0.15) is 17.9 Å². The van der Waals surface area contributed by atoms with Crippen LogP contribution in [0, 0.1) is 0 Å². The Morgan fingerprint density at radius 1 is 0.619 bits per heavy atom. The highest BCUT2D eigenvalue weighted by atomic mass is 28.4. The van der Waals surface area contributed by atoms with E-state index in [9.17, 15) is 0 Å². The molecule has 0 saturated heterocycles. The summed E-state index contributed by atoms with van der Waals surface area (Å²) in [6.45, 7) is 9.32. The topological polar surface area (TPSA) is 24.1 Å². The molecule has 0 aromatic heterocycles. The molecule has 0 fully saturated rings. The molecule has 0 unspecified atom stereocenters. The highest BCUT2D eigenvalue weighted by molar-refractivity contribution is 7.06. The van der Waals surface area contributed by atoms with Crippen molar-refractivity contribution >= 4 is 36.7 Å². The van der Waals surface area contributed by atoms with Crippen molar-refractivity contribution in [2.45, 2.75) is 26.2 Å². The minimum atomic E-state index is -2.08. The third kappa shape index (κ3) is 4.02. The zero-order valence-corrected chi connectivity index (χ0v) is 16.3. The lowest BCUT2D eigenvalue weighted by Crippen LogP contribution is -2.81. The summed E-state index contributed by atoms with van der Waals surface area (Å²) in [5.41, 5.74) is 0. The molecule has 2 aromatic carbocycles. The maximum Gasteiger partial charge on any atom is 0.254 e. The second-order valence-corrected chi connectivity index (χ2v) is 14.4. The van der Waals surface area contributed by atoms with Crippen LogP contribution in [0.3, 0.4) is 0 Å². The standard InChI is InChI=1S/C16H24N2Si3/c1-19(2)17-21(18-20(3)4,15-11-7-5-8-12-15)16-13-9-6-10-14-16/h5-14,17-18H,1-4H3. The van der Waals surface area contributed by atoms with Crippen LogP contribution in [0.2, 0.25) is 26.2 Å². The van der Waals surface area contributed by atoms with Gasteiger partial charge in [-0.1, -0.05) is 86.9 Å². The average Bonchev–Trinajstić information content (AvgIpc) is 2.47. The van der Waals surface area contributed by atoms with E-state index in [4.69, 9.17) is 0 Å². The van der Waals surface area contributed by atoms with Crippen LogP contribution < -0.4 is 19.7 Å². The van der Waals surface area contributed by atoms with Crippen molar-refractivity contribution in [1.82, 2.24) is 9.30 Å². The molecule has 5 heteroatoms. The number of hydrogen-bond donors (Lipinski definition) is 2. The second kappa shape index (κ2) is 7.33. The van der Waals surface area contributed by atoms with Gasteiger partial charge in [0, 0.05) is 0 Å². The van der Waals surface area contributed by atoms with Crippen molar-refractivity contribution in [2.24, 2.45) is 0 Å². The summed E-state index contributed by atoms with van der Waals surface area (Å²) in [6.07, 6.45) is 0. The van der Waals surface area contributed by atoms with E-state index in [1.807, 2.05) is 0 Å². The van der Waals surface area contributed by atoms with Gasteiger partial charge < -0.3 is 9.30 Å². The molecule has 21 heavy (non-hydrogen) atoms. The Kier molecular flexibility index (Phi) is 5.72. The maximum absolute atomic E-state index is 4.01. The van der Waals surface area contributed by atoms with Crippen molar-refractivity contribution in [3.05, 3.63) is 60.7 Å². The third-order valence-electron chi connectivity index (χ3n) is 3.29. The van der Waals surface area contributed by atoms with E-state index in [0.717, 1.165) is 0 Å². The largest absolute Gasteiger partial charge is 0.341 e. The van der Waals surface area contributed by atoms with Gasteiger partial charge in [-0.2, -0.15) is 0 Å². The molecule has 0 bridgehead atoms. The Morgan fingerprint density at radius 2 is 0.952 bits per heavy atom. The molecule has 2 aromatic rings. The van der Waals surface area contributed by atoms with Crippen LogP contribution in [0.25, 0.3) is 0 Å². The molecular formula is C16H24N2Si3. The summed E-state index contributed by atoms with van der Waals surface area (Å²) in [6, 6.07) is 21.9. The predicted molar refractivity (Wildman–Crippen MR) is 99.1 cm³/mol. The molecule has 0 amide bonds. The lowest BCUT2D eigenvalue weighted by atomic mass is 10.4. The van der Waals surface area contributed by atoms with Gasteiger partial charge in [0.15, 0.2) is 0 Å². The summed E-state index contributed by atoms with van der Waals surface area (Å²) in [5.74, 6) is 0. The lowest BCUT2D eigenvalue weighted by molar-refractivity contribution is 1.27. The average molecular weight is 329 g/mol. The van der Waals surface area contributed by atoms with E-state index in [2.05, 4.69) is 96.1 Å². The minimum Gasteiger partial charge on any atom is -0.341 e. The van der Waals surface area contributed by atoms with Gasteiger partial charge >= 0.3 is 0 Å². The van der Waals surface area contributed by atoms with Crippen LogP contribution in [0.5, 0.6) is 0 Å². The molecular weight excluding hydrogens is 304 g/mol. The normalized spacial score (nSPS) is 12.1. The Morgan fingerprint density at radius 3 is 1.24 bits per heavy atom. The SMILES string of the molecule is C[Si](C)N[Si](N[Si](C)C)(c1ccccc1)c1ccccc1. The zero-order valence-electron chi connectivity index (χ0n) is 13.3. The first-order valence-corrected chi connectivity index (χ1v) is 14.3. The molecule has 0 aliphatic heterocycles. The number of hydrogen-bond acceptors (Lipinski definition) is 2. The van der Waals surface area contributed by atoms with Gasteiger partial charge in [0.25, 0.3) is 8.40 Å². The Hall–Kier alpha value is -0.989. The summed E-state index contributed by atoms with van der Waals surface area (Å²) in [7, 11) is -3.21. The van der Waals surface area contributed by atoms with E-state index >= 15 is 0 Å². The molecule has 0 aliphatic carbocycles. The lowest BCUT2D eigenvalue weighted by Gasteiger charge is -2.37. The van der Waals surface area contributed by atoms with Crippen LogP contribution in [-0.4, -0.2) is 26.3 Å². The first-order chi connectivity index (χ1) is 10.0. The van der Waals surface area contributed by atoms with Gasteiger partial charge in [-0.3, -0.25) is 0 Å². The van der Waals surface area contributed by atoms with E-state index in [-0.39, 0.29) is 0 Å². The Labute approximate surface area is 133 Å². The van der Waals surface area contributed by atoms with Gasteiger partial charge in [-0.15, -0.1) is 0 Å². The van der Waals surface area contributed by atoms with Gasteiger partial charge in [0.05, 0.1) is 0 Å². The summed E-state index contributed by atoms with van der Waals surface area (Å²) in [4.78, 5) is 0. The van der Waals surface area contributed by atoms with Crippen molar-refractivity contribution in [1.29, 1.82) is 0 Å². The minimum absolute atomic E-state index is 0.565. The summed E-state index contributed by atoms with van der Waals surface area (Å²) < 4.78 is 8.02. The fourth-order valence-corrected chi connectivity index (χ4v) is 13.5. The van der Waals surface area contributed by atoms with Crippen LogP contribution in [0.15, 0.2) is 60.7 Å². The predicted octanol–water partition coefficient (Wildman–Crippen LogP) is 1.92. The number of benzene rings is 2. The monoisotopic (exact) mass is 328 g/mol. The Bertz CT molecular complexity index is 492. The van der Waals surface area contributed by atoms with Crippen molar-refractivity contribution in [2.75, 3.05) is 0 Å². The molecule has 2 nitrogen and oxygen atoms in total. The van der Waals surface area contributed by atoms with Crippen molar-refractivity contribution in [3.63, 3.8) is 0 Å². The van der Waals surface area contributed by atoms with Crippen molar-refractivity contribution < 1.29 is 0 Å². The van der Waals surface area contributed by atoms with Gasteiger partial charge in [0.2, 0.25) is 0 Å². The first kappa shape index (κ1) is 16.4.